The Hall–Kier alpha value is -2.46. The van der Waals surface area contributed by atoms with Gasteiger partial charge in [0, 0.05) is 14.1 Å². The van der Waals surface area contributed by atoms with Gasteiger partial charge in [-0.2, -0.15) is 13.2 Å². The summed E-state index contributed by atoms with van der Waals surface area (Å²) in [4.78, 5) is 12.3. The van der Waals surface area contributed by atoms with Crippen LogP contribution >= 0.6 is 11.6 Å². The molecule has 0 saturated heterocycles. The molecule has 0 heterocycles. The first-order valence-corrected chi connectivity index (χ1v) is 9.25. The van der Waals surface area contributed by atoms with Crippen molar-refractivity contribution in [2.24, 2.45) is 0 Å². The SMILES string of the molecule is CN(C)C(=O)Nc1ccccc1NS(=O)(=O)c1cc(C(F)(F)F)ccc1Cl. The van der Waals surface area contributed by atoms with E-state index in [0.717, 1.165) is 6.07 Å². The number of rotatable bonds is 4. The van der Waals surface area contributed by atoms with E-state index < -0.39 is 32.7 Å². The minimum Gasteiger partial charge on any atom is -0.331 e. The third kappa shape index (κ3) is 5.04. The molecule has 11 heteroatoms. The number of nitrogens with zero attached hydrogens (tertiary/aromatic N) is 1. The van der Waals surface area contributed by atoms with Crippen LogP contribution in [0.1, 0.15) is 5.56 Å². The Bertz CT molecular complexity index is 963. The van der Waals surface area contributed by atoms with E-state index in [9.17, 15) is 26.4 Å². The monoisotopic (exact) mass is 421 g/mol. The molecule has 2 N–H and O–H groups in total. The van der Waals surface area contributed by atoms with Crippen LogP contribution in [0.3, 0.4) is 0 Å². The molecule has 2 aromatic rings. The Balaban J connectivity index is 2.42. The van der Waals surface area contributed by atoms with Crippen molar-refractivity contribution < 1.29 is 26.4 Å². The number of carbonyl (C=O) groups excluding carboxylic acids is 1. The summed E-state index contributed by atoms with van der Waals surface area (Å²) in [6, 6.07) is 7.32. The summed E-state index contributed by atoms with van der Waals surface area (Å²) in [6.45, 7) is 0. The number of anilines is 2. The molecule has 0 radical (unpaired) electrons. The van der Waals surface area contributed by atoms with Gasteiger partial charge in [0.05, 0.1) is 22.0 Å². The highest BCUT2D eigenvalue weighted by atomic mass is 35.5. The topological polar surface area (TPSA) is 78.5 Å². The van der Waals surface area contributed by atoms with Crippen LogP contribution in [0.15, 0.2) is 47.4 Å². The van der Waals surface area contributed by atoms with E-state index in [2.05, 4.69) is 10.0 Å². The molecule has 6 nitrogen and oxygen atoms in total. The Morgan fingerprint density at radius 3 is 2.22 bits per heavy atom. The zero-order valence-electron chi connectivity index (χ0n) is 14.1. The van der Waals surface area contributed by atoms with Crippen molar-refractivity contribution in [3.63, 3.8) is 0 Å². The summed E-state index contributed by atoms with van der Waals surface area (Å²) in [5, 5.41) is 2.11. The maximum atomic E-state index is 12.9. The Morgan fingerprint density at radius 1 is 1.07 bits per heavy atom. The number of hydrogen-bond acceptors (Lipinski definition) is 3. The number of alkyl halides is 3. The van der Waals surface area contributed by atoms with Gasteiger partial charge < -0.3 is 10.2 Å². The molecule has 2 amide bonds. The fourth-order valence-corrected chi connectivity index (χ4v) is 3.60. The lowest BCUT2D eigenvalue weighted by molar-refractivity contribution is -0.137. The number of sulfonamides is 1. The second kappa shape index (κ2) is 7.65. The number of carbonyl (C=O) groups is 1. The van der Waals surface area contributed by atoms with Crippen LogP contribution in [-0.2, 0) is 16.2 Å². The van der Waals surface area contributed by atoms with Gasteiger partial charge in [-0.1, -0.05) is 23.7 Å². The zero-order chi connectivity index (χ0) is 20.4. The van der Waals surface area contributed by atoms with Crippen molar-refractivity contribution in [2.45, 2.75) is 11.1 Å². The summed E-state index contributed by atoms with van der Waals surface area (Å²) < 4.78 is 66.0. The highest BCUT2D eigenvalue weighted by Crippen LogP contribution is 2.34. The second-order valence-corrected chi connectivity index (χ2v) is 7.68. The van der Waals surface area contributed by atoms with E-state index in [1.807, 2.05) is 0 Å². The molecule has 0 saturated carbocycles. The number of urea groups is 1. The average Bonchev–Trinajstić information content (AvgIpc) is 2.55. The van der Waals surface area contributed by atoms with Crippen molar-refractivity contribution in [1.82, 2.24) is 4.90 Å². The normalized spacial score (nSPS) is 11.8. The lowest BCUT2D eigenvalue weighted by Gasteiger charge is -2.17. The van der Waals surface area contributed by atoms with Gasteiger partial charge in [0.2, 0.25) is 0 Å². The molecule has 0 aliphatic rings. The molecule has 2 rings (SSSR count). The predicted octanol–water partition coefficient (Wildman–Crippen LogP) is 4.25. The smallest absolute Gasteiger partial charge is 0.331 e. The molecular weight excluding hydrogens is 407 g/mol. The van der Waals surface area contributed by atoms with Crippen LogP contribution in [0, 0.1) is 0 Å². The summed E-state index contributed by atoms with van der Waals surface area (Å²) >= 11 is 5.80. The van der Waals surface area contributed by atoms with Gasteiger partial charge in [-0.05, 0) is 30.3 Å². The Morgan fingerprint density at radius 2 is 1.67 bits per heavy atom. The van der Waals surface area contributed by atoms with Crippen molar-refractivity contribution in [1.29, 1.82) is 0 Å². The summed E-state index contributed by atoms with van der Waals surface area (Å²) in [7, 11) is -1.47. The van der Waals surface area contributed by atoms with Crippen molar-refractivity contribution in [3.8, 4) is 0 Å². The summed E-state index contributed by atoms with van der Waals surface area (Å²) in [6.07, 6.45) is -4.73. The minimum absolute atomic E-state index is 0.0267. The quantitative estimate of drug-likeness (QED) is 0.774. The van der Waals surface area contributed by atoms with E-state index in [-0.39, 0.29) is 16.4 Å². The number of hydrogen-bond donors (Lipinski definition) is 2. The van der Waals surface area contributed by atoms with Crippen LogP contribution in [0.4, 0.5) is 29.3 Å². The Kier molecular flexibility index (Phi) is 5.91. The van der Waals surface area contributed by atoms with Crippen molar-refractivity contribution in [2.75, 3.05) is 24.1 Å². The van der Waals surface area contributed by atoms with Crippen LogP contribution in [0.25, 0.3) is 0 Å². The van der Waals surface area contributed by atoms with Crippen LogP contribution < -0.4 is 10.0 Å². The number of para-hydroxylation sites is 2. The van der Waals surface area contributed by atoms with Crippen molar-refractivity contribution >= 4 is 39.0 Å². The first-order chi connectivity index (χ1) is 12.4. The maximum Gasteiger partial charge on any atom is 0.416 e. The third-order valence-electron chi connectivity index (χ3n) is 3.37. The predicted molar refractivity (Wildman–Crippen MR) is 96.4 cm³/mol. The lowest BCUT2D eigenvalue weighted by Crippen LogP contribution is -2.28. The summed E-state index contributed by atoms with van der Waals surface area (Å²) in [5.74, 6) is 0. The minimum atomic E-state index is -4.73. The largest absolute Gasteiger partial charge is 0.416 e. The van der Waals surface area contributed by atoms with Gasteiger partial charge in [0.1, 0.15) is 4.90 Å². The van der Waals surface area contributed by atoms with Gasteiger partial charge in [0.15, 0.2) is 0 Å². The van der Waals surface area contributed by atoms with E-state index in [1.165, 1.54) is 37.2 Å². The second-order valence-electron chi connectivity index (χ2n) is 5.62. The van der Waals surface area contributed by atoms with E-state index in [4.69, 9.17) is 11.6 Å². The number of benzene rings is 2. The molecule has 0 atom stereocenters. The van der Waals surface area contributed by atoms with Crippen LogP contribution in [0.5, 0.6) is 0 Å². The van der Waals surface area contributed by atoms with Gasteiger partial charge in [-0.15, -0.1) is 0 Å². The maximum absolute atomic E-state index is 12.9. The zero-order valence-corrected chi connectivity index (χ0v) is 15.7. The average molecular weight is 422 g/mol. The first kappa shape index (κ1) is 20.8. The highest BCUT2D eigenvalue weighted by Gasteiger charge is 2.33. The molecule has 0 bridgehead atoms. The van der Waals surface area contributed by atoms with Crippen LogP contribution in [0.2, 0.25) is 5.02 Å². The standard InChI is InChI=1S/C16H15ClF3N3O3S/c1-23(2)15(24)21-12-5-3-4-6-13(12)22-27(25,26)14-9-10(16(18,19)20)7-8-11(14)17/h3-9,22H,1-2H3,(H,21,24). The number of amides is 2. The highest BCUT2D eigenvalue weighted by molar-refractivity contribution is 7.92. The molecule has 0 fully saturated rings. The third-order valence-corrected chi connectivity index (χ3v) is 5.21. The fourth-order valence-electron chi connectivity index (χ4n) is 1.99. The van der Waals surface area contributed by atoms with Crippen LogP contribution in [-0.4, -0.2) is 33.4 Å². The van der Waals surface area contributed by atoms with Gasteiger partial charge in [0.25, 0.3) is 10.0 Å². The molecule has 0 aliphatic heterocycles. The molecule has 0 aromatic heterocycles. The molecular formula is C16H15ClF3N3O3S. The summed E-state index contributed by atoms with van der Waals surface area (Å²) in [5.41, 5.74) is -1.05. The lowest BCUT2D eigenvalue weighted by atomic mass is 10.2. The number of nitrogens with one attached hydrogen (secondary N) is 2. The van der Waals surface area contributed by atoms with Crippen molar-refractivity contribution in [3.05, 3.63) is 53.1 Å². The van der Waals surface area contributed by atoms with E-state index >= 15 is 0 Å². The molecule has 146 valence electrons. The fraction of sp³-hybridized carbons (Fsp3) is 0.188. The van der Waals surface area contributed by atoms with Gasteiger partial charge in [-0.25, -0.2) is 13.2 Å². The number of halogens is 4. The van der Waals surface area contributed by atoms with E-state index in [1.54, 1.807) is 6.07 Å². The first-order valence-electron chi connectivity index (χ1n) is 7.39. The molecule has 27 heavy (non-hydrogen) atoms. The van der Waals surface area contributed by atoms with E-state index in [0.29, 0.717) is 12.1 Å². The molecule has 0 aliphatic carbocycles. The van der Waals surface area contributed by atoms with Gasteiger partial charge in [-0.3, -0.25) is 4.72 Å². The Labute approximate surface area is 159 Å². The molecule has 2 aromatic carbocycles. The molecule has 0 unspecified atom stereocenters. The molecule has 0 spiro atoms. The van der Waals surface area contributed by atoms with Gasteiger partial charge >= 0.3 is 12.2 Å².